The molecule has 0 radical (unpaired) electrons. The molecule has 6 nitrogen and oxygen atoms in total. The molecule has 1 aliphatic heterocycles. The minimum absolute atomic E-state index is 0.00683. The lowest BCUT2D eigenvalue weighted by Gasteiger charge is -2.33. The van der Waals surface area contributed by atoms with Gasteiger partial charge in [0.25, 0.3) is 5.56 Å². The van der Waals surface area contributed by atoms with Gasteiger partial charge in [0.2, 0.25) is 0 Å². The second-order valence-electron chi connectivity index (χ2n) is 3.42. The van der Waals surface area contributed by atoms with E-state index in [0.29, 0.717) is 19.7 Å². The Balaban J connectivity index is 2.13. The molecule has 0 bridgehead atoms. The summed E-state index contributed by atoms with van der Waals surface area (Å²) in [4.78, 5) is 13.0. The Bertz CT molecular complexity index is 379. The molecule has 1 fully saturated rings. The maximum atomic E-state index is 11.1. The minimum Gasteiger partial charge on any atom is -0.394 e. The molecule has 1 unspecified atom stereocenters. The van der Waals surface area contributed by atoms with Crippen molar-refractivity contribution < 1.29 is 9.84 Å². The first-order valence-corrected chi connectivity index (χ1v) is 4.82. The molecule has 1 aromatic rings. The van der Waals surface area contributed by atoms with Crippen LogP contribution in [0.25, 0.3) is 0 Å². The average Bonchev–Trinajstić information content (AvgIpc) is 2.29. The zero-order chi connectivity index (χ0) is 10.7. The maximum Gasteiger partial charge on any atom is 0.266 e. The summed E-state index contributed by atoms with van der Waals surface area (Å²) in [6.07, 6.45) is 1.42. The van der Waals surface area contributed by atoms with Gasteiger partial charge < -0.3 is 14.7 Å². The number of morpholine rings is 1. The Morgan fingerprint density at radius 1 is 1.73 bits per heavy atom. The molecule has 0 saturated carbocycles. The van der Waals surface area contributed by atoms with Crippen LogP contribution >= 0.6 is 0 Å². The van der Waals surface area contributed by atoms with Crippen molar-refractivity contribution in [2.45, 2.75) is 6.10 Å². The fraction of sp³-hybridized carbons (Fsp3) is 0.556. The zero-order valence-corrected chi connectivity index (χ0v) is 8.22. The molecule has 0 aliphatic carbocycles. The molecular weight excluding hydrogens is 198 g/mol. The van der Waals surface area contributed by atoms with E-state index in [1.54, 1.807) is 6.20 Å². The van der Waals surface area contributed by atoms with Crippen LogP contribution in [0.1, 0.15) is 0 Å². The summed E-state index contributed by atoms with van der Waals surface area (Å²) in [6.45, 7) is 1.84. The molecule has 0 spiro atoms. The predicted octanol–water partition coefficient (Wildman–Crippen LogP) is -1.03. The Kier molecular flexibility index (Phi) is 2.98. The van der Waals surface area contributed by atoms with Crippen molar-refractivity contribution in [1.82, 2.24) is 10.2 Å². The molecule has 2 rings (SSSR count). The first kappa shape index (κ1) is 10.1. The number of aliphatic hydroxyl groups excluding tert-OH is 1. The summed E-state index contributed by atoms with van der Waals surface area (Å²) in [5, 5.41) is 15.0. The van der Waals surface area contributed by atoms with E-state index in [9.17, 15) is 4.79 Å². The second kappa shape index (κ2) is 4.41. The molecule has 2 N–H and O–H groups in total. The van der Waals surface area contributed by atoms with Gasteiger partial charge in [0.15, 0.2) is 0 Å². The second-order valence-corrected chi connectivity index (χ2v) is 3.42. The van der Waals surface area contributed by atoms with Crippen molar-refractivity contribution in [1.29, 1.82) is 0 Å². The van der Waals surface area contributed by atoms with Crippen molar-refractivity contribution >= 4 is 5.69 Å². The van der Waals surface area contributed by atoms with Crippen LogP contribution in [0, 0.1) is 0 Å². The summed E-state index contributed by atoms with van der Waals surface area (Å²) < 4.78 is 5.31. The van der Waals surface area contributed by atoms with Crippen LogP contribution in [-0.4, -0.2) is 47.7 Å². The molecule has 15 heavy (non-hydrogen) atoms. The lowest BCUT2D eigenvalue weighted by atomic mass is 10.2. The Labute approximate surface area is 86.5 Å². The molecular formula is C9H13N3O3. The van der Waals surface area contributed by atoms with E-state index in [4.69, 9.17) is 9.84 Å². The fourth-order valence-corrected chi connectivity index (χ4v) is 1.60. The predicted molar refractivity (Wildman–Crippen MR) is 53.9 cm³/mol. The number of aromatic nitrogens is 2. The number of nitrogens with zero attached hydrogens (tertiary/aromatic N) is 2. The summed E-state index contributed by atoms with van der Waals surface area (Å²) in [5.41, 5.74) is 0.542. The Morgan fingerprint density at radius 3 is 3.33 bits per heavy atom. The SMILES string of the molecule is O=c1cc(N2CCOC(CO)C2)cn[nH]1. The minimum atomic E-state index is -0.223. The zero-order valence-electron chi connectivity index (χ0n) is 8.22. The van der Waals surface area contributed by atoms with Crippen molar-refractivity contribution in [3.05, 3.63) is 22.6 Å². The smallest absolute Gasteiger partial charge is 0.266 e. The van der Waals surface area contributed by atoms with Crippen LogP contribution in [0.5, 0.6) is 0 Å². The quantitative estimate of drug-likeness (QED) is 0.653. The van der Waals surface area contributed by atoms with E-state index < -0.39 is 0 Å². The summed E-state index contributed by atoms with van der Waals surface area (Å²) in [5.74, 6) is 0. The fourth-order valence-electron chi connectivity index (χ4n) is 1.60. The van der Waals surface area contributed by atoms with Gasteiger partial charge in [0, 0.05) is 19.2 Å². The van der Waals surface area contributed by atoms with Gasteiger partial charge in [-0.3, -0.25) is 4.79 Å². The monoisotopic (exact) mass is 211 g/mol. The average molecular weight is 211 g/mol. The lowest BCUT2D eigenvalue weighted by Crippen LogP contribution is -2.44. The highest BCUT2D eigenvalue weighted by molar-refractivity contribution is 5.43. The van der Waals surface area contributed by atoms with Gasteiger partial charge in [-0.1, -0.05) is 0 Å². The first-order valence-electron chi connectivity index (χ1n) is 4.82. The van der Waals surface area contributed by atoms with E-state index in [1.807, 2.05) is 4.90 Å². The third-order valence-corrected chi connectivity index (χ3v) is 2.36. The van der Waals surface area contributed by atoms with Crippen molar-refractivity contribution in [3.8, 4) is 0 Å². The molecule has 0 amide bonds. The number of ether oxygens (including phenoxy) is 1. The number of hydrogen-bond donors (Lipinski definition) is 2. The van der Waals surface area contributed by atoms with E-state index in [2.05, 4.69) is 10.2 Å². The number of aromatic amines is 1. The highest BCUT2D eigenvalue weighted by atomic mass is 16.5. The van der Waals surface area contributed by atoms with Gasteiger partial charge in [0.05, 0.1) is 31.2 Å². The highest BCUT2D eigenvalue weighted by Crippen LogP contribution is 2.13. The van der Waals surface area contributed by atoms with Crippen LogP contribution in [0.15, 0.2) is 17.1 Å². The molecule has 82 valence electrons. The van der Waals surface area contributed by atoms with Crippen LogP contribution < -0.4 is 10.5 Å². The normalized spacial score (nSPS) is 21.7. The van der Waals surface area contributed by atoms with Gasteiger partial charge >= 0.3 is 0 Å². The molecule has 1 atom stereocenters. The van der Waals surface area contributed by atoms with Crippen LogP contribution in [-0.2, 0) is 4.74 Å². The van der Waals surface area contributed by atoms with Gasteiger partial charge in [-0.05, 0) is 0 Å². The van der Waals surface area contributed by atoms with E-state index in [0.717, 1.165) is 5.69 Å². The van der Waals surface area contributed by atoms with E-state index in [-0.39, 0.29) is 18.3 Å². The van der Waals surface area contributed by atoms with Gasteiger partial charge in [-0.15, -0.1) is 0 Å². The third-order valence-electron chi connectivity index (χ3n) is 2.36. The summed E-state index contributed by atoms with van der Waals surface area (Å²) in [6, 6.07) is 1.49. The number of aliphatic hydroxyl groups is 1. The number of hydrogen-bond acceptors (Lipinski definition) is 5. The standard InChI is InChI=1S/C9H13N3O3/c13-6-8-5-12(1-2-15-8)7-3-9(14)11-10-4-7/h3-4,8,13H,1-2,5-6H2,(H,11,14). The Morgan fingerprint density at radius 2 is 2.60 bits per heavy atom. The first-order chi connectivity index (χ1) is 7.29. The van der Waals surface area contributed by atoms with Crippen LogP contribution in [0.3, 0.4) is 0 Å². The molecule has 2 heterocycles. The topological polar surface area (TPSA) is 78.5 Å². The van der Waals surface area contributed by atoms with Crippen molar-refractivity contribution in [2.24, 2.45) is 0 Å². The van der Waals surface area contributed by atoms with Crippen LogP contribution in [0.4, 0.5) is 5.69 Å². The Hall–Kier alpha value is -1.40. The van der Waals surface area contributed by atoms with Crippen molar-refractivity contribution in [2.75, 3.05) is 31.2 Å². The molecule has 1 saturated heterocycles. The third kappa shape index (κ3) is 2.34. The summed E-state index contributed by atoms with van der Waals surface area (Å²) >= 11 is 0. The van der Waals surface area contributed by atoms with Crippen LogP contribution in [0.2, 0.25) is 0 Å². The van der Waals surface area contributed by atoms with Gasteiger partial charge in [-0.2, -0.15) is 5.10 Å². The van der Waals surface area contributed by atoms with Crippen molar-refractivity contribution in [3.63, 3.8) is 0 Å². The number of rotatable bonds is 2. The number of H-pyrrole nitrogens is 1. The molecule has 1 aliphatic rings. The lowest BCUT2D eigenvalue weighted by molar-refractivity contribution is 0.00354. The maximum absolute atomic E-state index is 11.1. The summed E-state index contributed by atoms with van der Waals surface area (Å²) in [7, 11) is 0. The number of nitrogens with one attached hydrogen (secondary N) is 1. The molecule has 6 heteroatoms. The number of anilines is 1. The van der Waals surface area contributed by atoms with Gasteiger partial charge in [0.1, 0.15) is 0 Å². The highest BCUT2D eigenvalue weighted by Gasteiger charge is 2.20. The molecule has 1 aromatic heterocycles. The largest absolute Gasteiger partial charge is 0.394 e. The van der Waals surface area contributed by atoms with E-state index >= 15 is 0 Å². The molecule has 0 aromatic carbocycles. The van der Waals surface area contributed by atoms with Gasteiger partial charge in [-0.25, -0.2) is 5.10 Å². The van der Waals surface area contributed by atoms with E-state index in [1.165, 1.54) is 6.07 Å².